The number of fused-ring (bicyclic) bond motifs is 3. The van der Waals surface area contributed by atoms with Gasteiger partial charge >= 0.3 is 41.3 Å². The Morgan fingerprint density at radius 2 is 1.53 bits per heavy atom. The molecular formula is C27H32Cl2Zr-2. The molecule has 3 heteroatoms. The first-order valence-electron chi connectivity index (χ1n) is 10.2. The predicted octanol–water partition coefficient (Wildman–Crippen LogP) is 1.36. The van der Waals surface area contributed by atoms with Crippen LogP contribution in [-0.2, 0) is 30.7 Å². The molecule has 2 aromatic rings. The smallest absolute Gasteiger partial charge is 0.109 e. The molecule has 0 saturated heterocycles. The van der Waals surface area contributed by atoms with Gasteiger partial charge in [-0.05, 0) is 17.9 Å². The Kier molecular flexibility index (Phi) is 14.0. The summed E-state index contributed by atoms with van der Waals surface area (Å²) in [6, 6.07) is 15.0. The predicted molar refractivity (Wildman–Crippen MR) is 120 cm³/mol. The number of halogens is 2. The molecule has 0 heterocycles. The fourth-order valence-electron chi connectivity index (χ4n) is 3.15. The van der Waals surface area contributed by atoms with Crippen molar-refractivity contribution in [3.63, 3.8) is 0 Å². The van der Waals surface area contributed by atoms with Crippen molar-refractivity contribution in [1.82, 2.24) is 0 Å². The third kappa shape index (κ3) is 8.78. The quantitative estimate of drug-likeness (QED) is 0.450. The van der Waals surface area contributed by atoms with Gasteiger partial charge in [0.05, 0.1) is 0 Å². The summed E-state index contributed by atoms with van der Waals surface area (Å²) in [6.07, 6.45) is 11.0. The van der Waals surface area contributed by atoms with Gasteiger partial charge in [0.15, 0.2) is 0 Å². The second kappa shape index (κ2) is 14.3. The molecule has 0 fully saturated rings. The van der Waals surface area contributed by atoms with Crippen molar-refractivity contribution in [3.8, 4) is 11.1 Å². The largest absolute Gasteiger partial charge is 1.00 e. The number of allylic oxidation sites excluding steroid dienone is 4. The van der Waals surface area contributed by atoms with E-state index in [1.807, 2.05) is 12.2 Å². The van der Waals surface area contributed by atoms with E-state index in [1.54, 1.807) is 24.2 Å². The summed E-state index contributed by atoms with van der Waals surface area (Å²) in [4.78, 5) is 0. The van der Waals surface area contributed by atoms with E-state index >= 15 is 0 Å². The summed E-state index contributed by atoms with van der Waals surface area (Å²) in [5, 5.41) is 0. The van der Waals surface area contributed by atoms with E-state index in [1.165, 1.54) is 36.6 Å². The van der Waals surface area contributed by atoms with Crippen molar-refractivity contribution < 1.29 is 49.0 Å². The Hall–Kier alpha value is -0.747. The van der Waals surface area contributed by atoms with Gasteiger partial charge in [-0.3, -0.25) is 6.08 Å². The summed E-state index contributed by atoms with van der Waals surface area (Å²) in [5.41, 5.74) is 8.48. The maximum atomic E-state index is 3.49. The second-order valence-corrected chi connectivity index (χ2v) is 10.7. The van der Waals surface area contributed by atoms with Crippen LogP contribution in [0.25, 0.3) is 11.1 Å². The van der Waals surface area contributed by atoms with Crippen LogP contribution < -0.4 is 24.8 Å². The van der Waals surface area contributed by atoms with Crippen molar-refractivity contribution in [2.24, 2.45) is 0 Å². The van der Waals surface area contributed by atoms with Gasteiger partial charge < -0.3 is 24.8 Å². The van der Waals surface area contributed by atoms with Gasteiger partial charge in [0.2, 0.25) is 0 Å². The summed E-state index contributed by atoms with van der Waals surface area (Å²) in [6.45, 7) is 13.3. The Labute approximate surface area is 211 Å². The van der Waals surface area contributed by atoms with Crippen LogP contribution in [0.5, 0.6) is 0 Å². The minimum absolute atomic E-state index is 0. The zero-order chi connectivity index (χ0) is 20.7. The van der Waals surface area contributed by atoms with Crippen LogP contribution in [0.1, 0.15) is 82.1 Å². The summed E-state index contributed by atoms with van der Waals surface area (Å²) < 4.78 is 1.51. The van der Waals surface area contributed by atoms with Crippen molar-refractivity contribution >= 4 is 3.21 Å². The maximum absolute atomic E-state index is 3.49. The van der Waals surface area contributed by atoms with E-state index in [9.17, 15) is 0 Å². The average molecular weight is 519 g/mol. The van der Waals surface area contributed by atoms with E-state index in [2.05, 4.69) is 90.1 Å². The van der Waals surface area contributed by atoms with Gasteiger partial charge in [-0.2, -0.15) is 35.4 Å². The fourth-order valence-corrected chi connectivity index (χ4v) is 3.15. The Morgan fingerprint density at radius 3 is 2.00 bits per heavy atom. The third-order valence-electron chi connectivity index (χ3n) is 4.76. The molecule has 0 radical (unpaired) electrons. The Morgan fingerprint density at radius 1 is 0.933 bits per heavy atom. The summed E-state index contributed by atoms with van der Waals surface area (Å²) in [5.74, 6) is 1.16. The van der Waals surface area contributed by atoms with Crippen LogP contribution in [0.3, 0.4) is 0 Å². The van der Waals surface area contributed by atoms with Crippen LogP contribution in [0.2, 0.25) is 0 Å². The number of hydrogen-bond donors (Lipinski definition) is 0. The molecule has 0 bridgehead atoms. The van der Waals surface area contributed by atoms with Gasteiger partial charge in [0.25, 0.3) is 0 Å². The molecule has 4 rings (SSSR count). The zero-order valence-corrected chi connectivity index (χ0v) is 22.9. The molecule has 160 valence electrons. The van der Waals surface area contributed by atoms with E-state index in [-0.39, 0.29) is 24.8 Å². The SMILES string of the molecule is CC(C)c1c[c-]c2c(c1)-c1cc(C(C)C)ccc1C2.C[C](C)=[Zr+2].[C-]1=CC=CC1.[Cl-].[Cl-]. The van der Waals surface area contributed by atoms with E-state index in [0.29, 0.717) is 11.8 Å². The van der Waals surface area contributed by atoms with Gasteiger partial charge in [-0.1, -0.05) is 62.9 Å². The van der Waals surface area contributed by atoms with Crippen LogP contribution >= 0.6 is 0 Å². The zero-order valence-electron chi connectivity index (χ0n) is 18.9. The molecule has 0 aliphatic heterocycles. The third-order valence-corrected chi connectivity index (χ3v) is 4.76. The summed E-state index contributed by atoms with van der Waals surface area (Å²) >= 11 is 1.55. The molecule has 0 amide bonds. The first-order chi connectivity index (χ1) is 13.3. The molecule has 2 aliphatic carbocycles. The van der Waals surface area contributed by atoms with E-state index in [4.69, 9.17) is 0 Å². The van der Waals surface area contributed by atoms with Crippen LogP contribution in [0.15, 0.2) is 48.6 Å². The molecular weight excluding hydrogens is 486 g/mol. The Bertz CT molecular complexity index is 807. The second-order valence-electron chi connectivity index (χ2n) is 8.23. The molecule has 2 aromatic carbocycles. The van der Waals surface area contributed by atoms with E-state index in [0.717, 1.165) is 12.8 Å². The van der Waals surface area contributed by atoms with Crippen molar-refractivity contribution in [1.29, 1.82) is 0 Å². The molecule has 0 nitrogen and oxygen atoms in total. The summed E-state index contributed by atoms with van der Waals surface area (Å²) in [7, 11) is 0. The van der Waals surface area contributed by atoms with Gasteiger partial charge in [-0.25, -0.2) is 12.2 Å². The molecule has 0 N–H and O–H groups in total. The first-order valence-corrected chi connectivity index (χ1v) is 11.4. The maximum Gasteiger partial charge on any atom is -0.109 e. The van der Waals surface area contributed by atoms with Crippen LogP contribution in [-0.4, -0.2) is 3.21 Å². The molecule has 0 saturated carbocycles. The standard InChI is InChI=1S/C19H21.C5H5.C3H6.2ClH.Zr/c1-12(2)14-5-7-16-9-17-8-6-15(13(3)4)11-19(17)18(16)10-14;1-2-4-5-3-1;1-3-2;;;/h5-7,10-13H,9H2,1-4H3;1-3H,4H2;1-2H3;2*1H;/q2*-1;;;;+2/p-2. The average Bonchev–Trinajstić information content (AvgIpc) is 3.31. The van der Waals surface area contributed by atoms with Crippen LogP contribution in [0.4, 0.5) is 0 Å². The Balaban J connectivity index is 0.000000645. The first kappa shape index (κ1) is 29.3. The monoisotopic (exact) mass is 516 g/mol. The molecule has 30 heavy (non-hydrogen) atoms. The topological polar surface area (TPSA) is 0 Å². The molecule has 0 aromatic heterocycles. The number of hydrogen-bond acceptors (Lipinski definition) is 0. The van der Waals surface area contributed by atoms with Crippen molar-refractivity contribution in [2.45, 2.75) is 66.2 Å². The molecule has 0 spiro atoms. The van der Waals surface area contributed by atoms with E-state index < -0.39 is 0 Å². The van der Waals surface area contributed by atoms with Crippen LogP contribution in [0, 0.1) is 12.1 Å². The van der Waals surface area contributed by atoms with Gasteiger partial charge in [0, 0.05) is 0 Å². The normalized spacial score (nSPS) is 12.1. The minimum Gasteiger partial charge on any atom is -1.00 e. The fraction of sp³-hybridized carbons (Fsp3) is 0.370. The number of benzene rings is 2. The van der Waals surface area contributed by atoms with Crippen molar-refractivity contribution in [3.05, 3.63) is 83.0 Å². The van der Waals surface area contributed by atoms with Crippen molar-refractivity contribution in [2.75, 3.05) is 0 Å². The molecule has 0 unspecified atom stereocenters. The van der Waals surface area contributed by atoms with Gasteiger partial charge in [0.1, 0.15) is 0 Å². The molecule has 2 aliphatic rings. The van der Waals surface area contributed by atoms with Gasteiger partial charge in [-0.15, -0.1) is 12.0 Å². The number of rotatable bonds is 2. The minimum atomic E-state index is 0. The molecule has 0 atom stereocenters.